The lowest BCUT2D eigenvalue weighted by atomic mass is 10.1. The first-order chi connectivity index (χ1) is 10.5. The van der Waals surface area contributed by atoms with Crippen LogP contribution in [0.15, 0.2) is 0 Å². The van der Waals surface area contributed by atoms with Crippen molar-refractivity contribution in [2.24, 2.45) is 5.73 Å². The molecule has 0 unspecified atom stereocenters. The molecule has 128 valence electrons. The van der Waals surface area contributed by atoms with Gasteiger partial charge >= 0.3 is 0 Å². The molecule has 1 atom stereocenters. The zero-order valence-corrected chi connectivity index (χ0v) is 14.0. The summed E-state index contributed by atoms with van der Waals surface area (Å²) in [6.07, 6.45) is 8.71. The second-order valence-corrected chi connectivity index (χ2v) is 5.61. The number of carbonyl (C=O) groups excluding carboxylic acids is 3. The van der Waals surface area contributed by atoms with Crippen LogP contribution in [0.3, 0.4) is 0 Å². The van der Waals surface area contributed by atoms with Crippen LogP contribution in [0.5, 0.6) is 0 Å². The largest absolute Gasteiger partial charge is 0.370 e. The minimum atomic E-state index is -0.686. The zero-order chi connectivity index (χ0) is 16.8. The fraction of sp³-hybridized carbons (Fsp3) is 0.812. The summed E-state index contributed by atoms with van der Waals surface area (Å²) in [6.45, 7) is 2.19. The van der Waals surface area contributed by atoms with Crippen LogP contribution >= 0.6 is 0 Å². The van der Waals surface area contributed by atoms with Crippen molar-refractivity contribution in [1.29, 1.82) is 0 Å². The van der Waals surface area contributed by atoms with Gasteiger partial charge in [-0.2, -0.15) is 0 Å². The molecule has 22 heavy (non-hydrogen) atoms. The van der Waals surface area contributed by atoms with Crippen LogP contribution in [0.25, 0.3) is 0 Å². The van der Waals surface area contributed by atoms with Crippen LogP contribution in [0.2, 0.25) is 0 Å². The van der Waals surface area contributed by atoms with E-state index in [0.717, 1.165) is 19.3 Å². The van der Waals surface area contributed by atoms with Crippen molar-refractivity contribution in [2.75, 3.05) is 7.05 Å². The third-order valence-corrected chi connectivity index (χ3v) is 3.58. The molecule has 4 N–H and O–H groups in total. The van der Waals surface area contributed by atoms with Crippen molar-refractivity contribution >= 4 is 17.7 Å². The van der Waals surface area contributed by atoms with Gasteiger partial charge in [0.25, 0.3) is 0 Å². The van der Waals surface area contributed by atoms with Crippen molar-refractivity contribution in [2.45, 2.75) is 77.2 Å². The van der Waals surface area contributed by atoms with Gasteiger partial charge in [0.15, 0.2) is 0 Å². The maximum Gasteiger partial charge on any atom is 0.242 e. The van der Waals surface area contributed by atoms with Gasteiger partial charge in [-0.3, -0.25) is 14.4 Å². The van der Waals surface area contributed by atoms with E-state index in [1.165, 1.54) is 32.7 Å². The molecule has 0 spiro atoms. The van der Waals surface area contributed by atoms with Crippen LogP contribution < -0.4 is 16.4 Å². The van der Waals surface area contributed by atoms with Crippen molar-refractivity contribution in [3.8, 4) is 0 Å². The molecule has 6 heteroatoms. The fourth-order valence-electron chi connectivity index (χ4n) is 2.24. The minimum absolute atomic E-state index is 0.0792. The molecule has 0 aromatic heterocycles. The number of likely N-dealkylation sites (N-methyl/N-ethyl adjacent to an activating group) is 1. The molecule has 0 aliphatic rings. The number of nitrogens with one attached hydrogen (secondary N) is 2. The second-order valence-electron chi connectivity index (χ2n) is 5.61. The molecule has 0 fully saturated rings. The van der Waals surface area contributed by atoms with Crippen LogP contribution in [0.1, 0.15) is 71.1 Å². The van der Waals surface area contributed by atoms with Gasteiger partial charge in [0.1, 0.15) is 6.04 Å². The van der Waals surface area contributed by atoms with E-state index in [2.05, 4.69) is 17.6 Å². The van der Waals surface area contributed by atoms with Gasteiger partial charge in [-0.25, -0.2) is 0 Å². The molecule has 0 bridgehead atoms. The molecular formula is C16H31N3O3. The summed E-state index contributed by atoms with van der Waals surface area (Å²) in [6, 6.07) is -0.686. The standard InChI is InChI=1S/C16H31N3O3/c1-3-4-5-6-7-8-9-10-15(21)19-13(16(22)18-2)11-12-14(17)20/h13H,3-12H2,1-2H3,(H2,17,20)(H,18,22)(H,19,21)/t13-/m0/s1. The number of nitrogens with two attached hydrogens (primary N) is 1. The van der Waals surface area contributed by atoms with Crippen molar-refractivity contribution in [3.63, 3.8) is 0 Å². The Bertz CT molecular complexity index is 346. The first kappa shape index (κ1) is 20.4. The van der Waals surface area contributed by atoms with Crippen LogP contribution in [-0.4, -0.2) is 30.8 Å². The summed E-state index contributed by atoms with van der Waals surface area (Å²) in [5.74, 6) is -0.920. The van der Waals surface area contributed by atoms with Gasteiger partial charge in [-0.05, 0) is 12.8 Å². The third kappa shape index (κ3) is 11.1. The lowest BCUT2D eigenvalue weighted by molar-refractivity contribution is -0.129. The molecule has 3 amide bonds. The van der Waals surface area contributed by atoms with E-state index in [-0.39, 0.29) is 24.7 Å². The molecule has 6 nitrogen and oxygen atoms in total. The SMILES string of the molecule is CCCCCCCCCC(=O)N[C@@H](CCC(N)=O)C(=O)NC. The Hall–Kier alpha value is -1.59. The number of primary amides is 1. The Kier molecular flexibility index (Phi) is 12.2. The smallest absolute Gasteiger partial charge is 0.242 e. The lowest BCUT2D eigenvalue weighted by Gasteiger charge is -2.16. The third-order valence-electron chi connectivity index (χ3n) is 3.58. The maximum atomic E-state index is 11.8. The molecule has 0 aliphatic carbocycles. The Balaban J connectivity index is 3.92. The molecule has 0 heterocycles. The Morgan fingerprint density at radius 3 is 2.09 bits per heavy atom. The monoisotopic (exact) mass is 313 g/mol. The summed E-state index contributed by atoms with van der Waals surface area (Å²) in [5.41, 5.74) is 5.08. The predicted molar refractivity (Wildman–Crippen MR) is 87.0 cm³/mol. The zero-order valence-electron chi connectivity index (χ0n) is 14.0. The van der Waals surface area contributed by atoms with E-state index in [4.69, 9.17) is 5.73 Å². The number of hydrogen-bond acceptors (Lipinski definition) is 3. The topological polar surface area (TPSA) is 101 Å². The van der Waals surface area contributed by atoms with Gasteiger partial charge in [-0.1, -0.05) is 45.4 Å². The van der Waals surface area contributed by atoms with Crippen molar-refractivity contribution in [1.82, 2.24) is 10.6 Å². The molecule has 0 saturated carbocycles. The summed E-state index contributed by atoms with van der Waals surface area (Å²) >= 11 is 0. The second kappa shape index (κ2) is 13.1. The first-order valence-electron chi connectivity index (χ1n) is 8.30. The predicted octanol–water partition coefficient (Wildman–Crippen LogP) is 1.62. The van der Waals surface area contributed by atoms with E-state index >= 15 is 0 Å². The van der Waals surface area contributed by atoms with E-state index in [1.54, 1.807) is 0 Å². The van der Waals surface area contributed by atoms with Gasteiger partial charge in [-0.15, -0.1) is 0 Å². The van der Waals surface area contributed by atoms with Crippen LogP contribution in [-0.2, 0) is 14.4 Å². The number of rotatable bonds is 13. The number of unbranched alkanes of at least 4 members (excludes halogenated alkanes) is 6. The average molecular weight is 313 g/mol. The highest BCUT2D eigenvalue weighted by molar-refractivity contribution is 5.88. The quantitative estimate of drug-likeness (QED) is 0.450. The molecule has 0 radical (unpaired) electrons. The molecule has 0 saturated heterocycles. The first-order valence-corrected chi connectivity index (χ1v) is 8.30. The van der Waals surface area contributed by atoms with Crippen LogP contribution in [0.4, 0.5) is 0 Å². The molecule has 0 rings (SSSR count). The lowest BCUT2D eigenvalue weighted by Crippen LogP contribution is -2.46. The van der Waals surface area contributed by atoms with Gasteiger partial charge < -0.3 is 16.4 Å². The highest BCUT2D eigenvalue weighted by Gasteiger charge is 2.19. The normalized spacial score (nSPS) is 11.7. The summed E-state index contributed by atoms with van der Waals surface area (Å²) in [4.78, 5) is 34.3. The average Bonchev–Trinajstić information content (AvgIpc) is 2.49. The number of hydrogen-bond donors (Lipinski definition) is 3. The van der Waals surface area contributed by atoms with Gasteiger partial charge in [0, 0.05) is 19.9 Å². The molecule has 0 aromatic carbocycles. The Morgan fingerprint density at radius 1 is 0.955 bits per heavy atom. The van der Waals surface area contributed by atoms with E-state index in [1.807, 2.05) is 0 Å². The van der Waals surface area contributed by atoms with E-state index in [0.29, 0.717) is 6.42 Å². The van der Waals surface area contributed by atoms with Gasteiger partial charge in [0.2, 0.25) is 17.7 Å². The fourth-order valence-corrected chi connectivity index (χ4v) is 2.24. The van der Waals surface area contributed by atoms with Crippen molar-refractivity contribution < 1.29 is 14.4 Å². The molecular weight excluding hydrogens is 282 g/mol. The van der Waals surface area contributed by atoms with Gasteiger partial charge in [0.05, 0.1) is 0 Å². The summed E-state index contributed by atoms with van der Waals surface area (Å²) in [7, 11) is 1.50. The van der Waals surface area contributed by atoms with Crippen LogP contribution in [0, 0.1) is 0 Å². The highest BCUT2D eigenvalue weighted by Crippen LogP contribution is 2.08. The molecule has 0 aliphatic heterocycles. The maximum absolute atomic E-state index is 11.8. The van der Waals surface area contributed by atoms with Crippen molar-refractivity contribution in [3.05, 3.63) is 0 Å². The summed E-state index contributed by atoms with van der Waals surface area (Å²) < 4.78 is 0. The van der Waals surface area contributed by atoms with E-state index in [9.17, 15) is 14.4 Å². The Morgan fingerprint density at radius 2 is 1.55 bits per heavy atom. The number of carbonyl (C=O) groups is 3. The Labute approximate surface area is 133 Å². The molecule has 0 aromatic rings. The van der Waals surface area contributed by atoms with E-state index < -0.39 is 11.9 Å². The highest BCUT2D eigenvalue weighted by atomic mass is 16.2. The minimum Gasteiger partial charge on any atom is -0.370 e. The number of amides is 3. The summed E-state index contributed by atoms with van der Waals surface area (Å²) in [5, 5.41) is 5.16.